The van der Waals surface area contributed by atoms with Crippen LogP contribution in [0.15, 0.2) is 0 Å². The summed E-state index contributed by atoms with van der Waals surface area (Å²) >= 11 is 14.7. The van der Waals surface area contributed by atoms with E-state index in [0.29, 0.717) is 7.29 Å². The van der Waals surface area contributed by atoms with E-state index in [-0.39, 0.29) is 0 Å². The minimum atomic E-state index is 0.361. The quantitative estimate of drug-likeness (QED) is 0.424. The summed E-state index contributed by atoms with van der Waals surface area (Å²) in [7, 11) is 0.361. The van der Waals surface area contributed by atoms with E-state index in [2.05, 4.69) is 0 Å². The van der Waals surface area contributed by atoms with Gasteiger partial charge >= 0.3 is 0 Å². The smallest absolute Gasteiger partial charge is 0.127 e. The molecule has 7 heavy (non-hydrogen) atoms. The molecule has 0 amide bonds. The molecule has 0 bridgehead atoms. The molecule has 0 N–H and O–H groups in total. The second kappa shape index (κ2) is 15.7. The molecule has 0 aromatic carbocycles. The Kier molecular flexibility index (Phi) is 24.9. The van der Waals surface area contributed by atoms with E-state index in [0.717, 1.165) is 12.3 Å². The third kappa shape index (κ3) is 38.8. The molecular weight excluding hydrogens is 173 g/mol. The minimum absolute atomic E-state index is 0.361. The Morgan fingerprint density at radius 2 is 1.57 bits per heavy atom. The number of rotatable bonds is 1. The van der Waals surface area contributed by atoms with Crippen molar-refractivity contribution in [3.05, 3.63) is 0 Å². The van der Waals surface area contributed by atoms with E-state index in [1.807, 2.05) is 6.92 Å². The van der Waals surface area contributed by atoms with Crippen LogP contribution in [0.25, 0.3) is 0 Å². The highest BCUT2D eigenvalue weighted by molar-refractivity contribution is 7.90. The fourth-order valence-electron chi connectivity index (χ4n) is 0. The van der Waals surface area contributed by atoms with Gasteiger partial charge < -0.3 is 0 Å². The maximum absolute atomic E-state index is 5.19. The van der Waals surface area contributed by atoms with Crippen molar-refractivity contribution in [3.63, 3.8) is 0 Å². The first kappa shape index (κ1) is 11.1. The van der Waals surface area contributed by atoms with Crippen molar-refractivity contribution < 1.29 is 0 Å². The summed E-state index contributed by atoms with van der Waals surface area (Å²) in [6, 6.07) is 0. The van der Waals surface area contributed by atoms with Crippen molar-refractivity contribution >= 4 is 41.4 Å². The third-order valence-electron chi connectivity index (χ3n) is 0.189. The largest absolute Gasteiger partial charge is 0.141 e. The van der Waals surface area contributed by atoms with E-state index in [1.54, 1.807) is 0 Å². The van der Waals surface area contributed by atoms with Crippen LogP contribution in [-0.4, -0.2) is 5.88 Å². The third-order valence-corrected chi connectivity index (χ3v) is 0.567. The lowest BCUT2D eigenvalue weighted by Gasteiger charge is -1.65. The molecule has 0 spiro atoms. The van der Waals surface area contributed by atoms with Gasteiger partial charge in [-0.3, -0.25) is 0 Å². The molecule has 0 atom stereocenters. The highest BCUT2D eigenvalue weighted by Gasteiger charge is 1.59. The average Bonchev–Trinajstić information content (AvgIpc) is 1.69. The molecule has 0 aliphatic carbocycles. The molecule has 1 radical (unpaired) electrons. The highest BCUT2D eigenvalue weighted by Crippen LogP contribution is 2.19. The molecule has 0 aromatic rings. The van der Waals surface area contributed by atoms with Gasteiger partial charge in [0.15, 0.2) is 0 Å². The first-order valence-electron chi connectivity index (χ1n) is 1.81. The van der Waals surface area contributed by atoms with Gasteiger partial charge in [0.1, 0.15) is 7.29 Å². The molecule has 0 unspecified atom stereocenters. The summed E-state index contributed by atoms with van der Waals surface area (Å²) in [5, 5.41) is 0. The summed E-state index contributed by atoms with van der Waals surface area (Å²) in [6.07, 6.45) is 1.08. The Balaban J connectivity index is 0. The Morgan fingerprint density at radius 1 is 1.43 bits per heavy atom. The number of hydrogen-bond acceptors (Lipinski definition) is 0. The first-order valence-corrected chi connectivity index (χ1v) is 5.05. The van der Waals surface area contributed by atoms with Crippen LogP contribution in [-0.2, 0) is 0 Å². The molecule has 0 saturated heterocycles. The molecule has 4 heteroatoms. The topological polar surface area (TPSA) is 0 Å². The van der Waals surface area contributed by atoms with Gasteiger partial charge in [0, 0.05) is 5.88 Å². The Hall–Kier alpha value is 1.30. The molecule has 0 aliphatic rings. The van der Waals surface area contributed by atoms with Gasteiger partial charge in [-0.1, -0.05) is 29.4 Å². The van der Waals surface area contributed by atoms with Crippen LogP contribution in [0.5, 0.6) is 0 Å². The zero-order valence-electron chi connectivity index (χ0n) is 4.00. The van der Waals surface area contributed by atoms with Crippen molar-refractivity contribution in [3.8, 4) is 0 Å². The summed E-state index contributed by atoms with van der Waals surface area (Å²) in [5.41, 5.74) is 0. The fraction of sp³-hybridized carbons (Fsp3) is 1.00. The summed E-state index contributed by atoms with van der Waals surface area (Å²) in [5.74, 6) is 0.792. The SMILES string of the molecule is CCCCl.Cl[P]Cl. The lowest BCUT2D eigenvalue weighted by Crippen LogP contribution is -1.55. The Labute approximate surface area is 60.9 Å². The van der Waals surface area contributed by atoms with Gasteiger partial charge in [0.05, 0.1) is 0 Å². The van der Waals surface area contributed by atoms with E-state index in [9.17, 15) is 0 Å². The molecule has 0 nitrogen and oxygen atoms in total. The Bertz CT molecular complexity index is 17.7. The molecular formula is C3H7Cl3P. The molecule has 0 rings (SSSR count). The standard InChI is InChI=1S/C3H7Cl.Cl2P/c1-2-3-4;1-3-2/h2-3H2,1H3;. The minimum Gasteiger partial charge on any atom is -0.127 e. The van der Waals surface area contributed by atoms with Crippen LogP contribution in [0.2, 0.25) is 0 Å². The number of halogens is 3. The van der Waals surface area contributed by atoms with Crippen molar-refractivity contribution in [1.29, 1.82) is 0 Å². The first-order chi connectivity index (χ1) is 3.33. The van der Waals surface area contributed by atoms with Crippen molar-refractivity contribution in [2.75, 3.05) is 5.88 Å². The molecule has 0 aromatic heterocycles. The van der Waals surface area contributed by atoms with Gasteiger partial charge in [-0.15, -0.1) is 11.6 Å². The van der Waals surface area contributed by atoms with Crippen LogP contribution in [0.1, 0.15) is 13.3 Å². The van der Waals surface area contributed by atoms with Gasteiger partial charge in [-0.25, -0.2) is 0 Å². The van der Waals surface area contributed by atoms with Crippen molar-refractivity contribution in [2.45, 2.75) is 13.3 Å². The number of alkyl halides is 1. The summed E-state index contributed by atoms with van der Waals surface area (Å²) in [6.45, 7) is 2.05. The van der Waals surface area contributed by atoms with E-state index in [1.165, 1.54) is 0 Å². The molecule has 0 saturated carbocycles. The van der Waals surface area contributed by atoms with Crippen molar-refractivity contribution in [2.24, 2.45) is 0 Å². The van der Waals surface area contributed by atoms with E-state index < -0.39 is 0 Å². The second-order valence-corrected chi connectivity index (χ2v) is 2.79. The zero-order chi connectivity index (χ0) is 6.12. The van der Waals surface area contributed by atoms with Crippen LogP contribution in [0.3, 0.4) is 0 Å². The van der Waals surface area contributed by atoms with Gasteiger partial charge in [0.25, 0.3) is 0 Å². The molecule has 0 fully saturated rings. The molecule has 0 aliphatic heterocycles. The Morgan fingerprint density at radius 3 is 1.57 bits per heavy atom. The van der Waals surface area contributed by atoms with Crippen LogP contribution < -0.4 is 0 Å². The average molecular weight is 180 g/mol. The summed E-state index contributed by atoms with van der Waals surface area (Å²) < 4.78 is 0. The highest BCUT2D eigenvalue weighted by atomic mass is 35.9. The molecule has 45 valence electrons. The van der Waals surface area contributed by atoms with E-state index >= 15 is 0 Å². The van der Waals surface area contributed by atoms with Crippen LogP contribution >= 0.6 is 41.4 Å². The predicted octanol–water partition coefficient (Wildman–Crippen LogP) is 3.88. The normalized spacial score (nSPS) is 6.86. The lowest BCUT2D eigenvalue weighted by molar-refractivity contribution is 1.10. The van der Waals surface area contributed by atoms with Crippen molar-refractivity contribution in [1.82, 2.24) is 0 Å². The molecule has 0 heterocycles. The monoisotopic (exact) mass is 179 g/mol. The predicted molar refractivity (Wildman–Crippen MR) is 39.6 cm³/mol. The van der Waals surface area contributed by atoms with Gasteiger partial charge in [-0.05, 0) is 6.42 Å². The van der Waals surface area contributed by atoms with Crippen LogP contribution in [0, 0.1) is 0 Å². The fourth-order valence-corrected chi connectivity index (χ4v) is 0. The lowest BCUT2D eigenvalue weighted by atomic mass is 10.6. The maximum Gasteiger partial charge on any atom is 0.141 e. The second-order valence-electron chi connectivity index (χ2n) is 0.753. The number of hydrogen-bond donors (Lipinski definition) is 0. The van der Waals surface area contributed by atoms with E-state index in [4.69, 9.17) is 34.1 Å². The van der Waals surface area contributed by atoms with Gasteiger partial charge in [-0.2, -0.15) is 0 Å². The maximum atomic E-state index is 5.19. The zero-order valence-corrected chi connectivity index (χ0v) is 7.16. The van der Waals surface area contributed by atoms with Crippen LogP contribution in [0.4, 0.5) is 0 Å². The van der Waals surface area contributed by atoms with Gasteiger partial charge in [0.2, 0.25) is 0 Å². The summed E-state index contributed by atoms with van der Waals surface area (Å²) in [4.78, 5) is 0.